The molecule has 1 saturated heterocycles. The molecule has 0 radical (unpaired) electrons. The standard InChI is InChI=1S/C19H20ClN3O2/c1-14(24)21-17-6-3-7-18(13-17)22-8-10-23(11-9-22)19(25)15-4-2-5-16(20)12-15/h2-7,12-13H,8-11H2,1H3,(H,21,24). The molecule has 0 unspecified atom stereocenters. The molecular weight excluding hydrogens is 338 g/mol. The minimum atomic E-state index is -0.0888. The van der Waals surface area contributed by atoms with E-state index >= 15 is 0 Å². The number of piperazine rings is 1. The molecular formula is C19H20ClN3O2. The van der Waals surface area contributed by atoms with E-state index < -0.39 is 0 Å². The highest BCUT2D eigenvalue weighted by Gasteiger charge is 2.22. The van der Waals surface area contributed by atoms with Crippen LogP contribution in [0.25, 0.3) is 0 Å². The van der Waals surface area contributed by atoms with Crippen LogP contribution in [-0.4, -0.2) is 42.9 Å². The zero-order valence-electron chi connectivity index (χ0n) is 14.0. The van der Waals surface area contributed by atoms with Gasteiger partial charge in [-0.15, -0.1) is 0 Å². The number of amides is 2. The molecule has 0 atom stereocenters. The molecule has 25 heavy (non-hydrogen) atoms. The number of halogens is 1. The second-order valence-corrected chi connectivity index (χ2v) is 6.46. The Bertz CT molecular complexity index is 786. The maximum atomic E-state index is 12.6. The summed E-state index contributed by atoms with van der Waals surface area (Å²) in [5, 5.41) is 3.36. The Morgan fingerprint density at radius 3 is 2.40 bits per heavy atom. The van der Waals surface area contributed by atoms with E-state index in [-0.39, 0.29) is 11.8 Å². The fraction of sp³-hybridized carbons (Fsp3) is 0.263. The molecule has 6 heteroatoms. The van der Waals surface area contributed by atoms with Gasteiger partial charge in [0.2, 0.25) is 5.91 Å². The summed E-state index contributed by atoms with van der Waals surface area (Å²) in [4.78, 5) is 27.8. The number of hydrogen-bond donors (Lipinski definition) is 1. The van der Waals surface area contributed by atoms with Crippen molar-refractivity contribution in [1.82, 2.24) is 4.90 Å². The lowest BCUT2D eigenvalue weighted by Crippen LogP contribution is -2.48. The number of carbonyl (C=O) groups excluding carboxylic acids is 2. The van der Waals surface area contributed by atoms with Gasteiger partial charge in [-0.3, -0.25) is 9.59 Å². The maximum absolute atomic E-state index is 12.6. The van der Waals surface area contributed by atoms with E-state index in [1.807, 2.05) is 29.2 Å². The third kappa shape index (κ3) is 4.31. The molecule has 0 aromatic heterocycles. The van der Waals surface area contributed by atoms with Gasteiger partial charge in [0.05, 0.1) is 0 Å². The normalized spacial score (nSPS) is 14.3. The van der Waals surface area contributed by atoms with Crippen LogP contribution in [0.1, 0.15) is 17.3 Å². The summed E-state index contributed by atoms with van der Waals surface area (Å²) < 4.78 is 0. The molecule has 2 aromatic carbocycles. The predicted molar refractivity (Wildman–Crippen MR) is 100 cm³/mol. The van der Waals surface area contributed by atoms with Gasteiger partial charge in [0.1, 0.15) is 0 Å². The van der Waals surface area contributed by atoms with Crippen LogP contribution in [0.2, 0.25) is 5.02 Å². The molecule has 3 rings (SSSR count). The number of nitrogens with zero attached hydrogens (tertiary/aromatic N) is 2. The quantitative estimate of drug-likeness (QED) is 0.917. The number of hydrogen-bond acceptors (Lipinski definition) is 3. The third-order valence-corrected chi connectivity index (χ3v) is 4.41. The van der Waals surface area contributed by atoms with E-state index in [4.69, 9.17) is 11.6 Å². The molecule has 0 bridgehead atoms. The van der Waals surface area contributed by atoms with Crippen LogP contribution in [0.5, 0.6) is 0 Å². The monoisotopic (exact) mass is 357 g/mol. The minimum absolute atomic E-state index is 0.00847. The highest BCUT2D eigenvalue weighted by Crippen LogP contribution is 2.22. The Kier molecular flexibility index (Phi) is 5.24. The average Bonchev–Trinajstić information content (AvgIpc) is 2.61. The molecule has 130 valence electrons. The Labute approximate surface area is 152 Å². The lowest BCUT2D eigenvalue weighted by atomic mass is 10.1. The number of anilines is 2. The first-order chi connectivity index (χ1) is 12.0. The maximum Gasteiger partial charge on any atom is 0.254 e. The van der Waals surface area contributed by atoms with Crippen molar-refractivity contribution in [2.75, 3.05) is 36.4 Å². The SMILES string of the molecule is CC(=O)Nc1cccc(N2CCN(C(=O)c3cccc(Cl)c3)CC2)c1. The summed E-state index contributed by atoms with van der Waals surface area (Å²) in [6, 6.07) is 14.8. The van der Waals surface area contributed by atoms with Crippen molar-refractivity contribution in [3.8, 4) is 0 Å². The van der Waals surface area contributed by atoms with E-state index in [2.05, 4.69) is 10.2 Å². The van der Waals surface area contributed by atoms with E-state index in [0.717, 1.165) is 24.5 Å². The fourth-order valence-corrected chi connectivity index (χ4v) is 3.15. The molecule has 1 aliphatic rings. The molecule has 0 saturated carbocycles. The van der Waals surface area contributed by atoms with E-state index in [0.29, 0.717) is 23.7 Å². The minimum Gasteiger partial charge on any atom is -0.368 e. The second-order valence-electron chi connectivity index (χ2n) is 6.02. The van der Waals surface area contributed by atoms with Crippen LogP contribution < -0.4 is 10.2 Å². The van der Waals surface area contributed by atoms with Crippen molar-refractivity contribution in [2.45, 2.75) is 6.92 Å². The average molecular weight is 358 g/mol. The molecule has 1 aliphatic heterocycles. The lowest BCUT2D eigenvalue weighted by molar-refractivity contribution is -0.114. The molecule has 2 aromatic rings. The van der Waals surface area contributed by atoms with Crippen molar-refractivity contribution in [3.63, 3.8) is 0 Å². The topological polar surface area (TPSA) is 52.7 Å². The summed E-state index contributed by atoms with van der Waals surface area (Å²) >= 11 is 5.97. The van der Waals surface area contributed by atoms with Crippen molar-refractivity contribution in [1.29, 1.82) is 0 Å². The van der Waals surface area contributed by atoms with Gasteiger partial charge in [-0.1, -0.05) is 23.7 Å². The third-order valence-electron chi connectivity index (χ3n) is 4.17. The Hall–Kier alpha value is -2.53. The summed E-state index contributed by atoms with van der Waals surface area (Å²) in [6.07, 6.45) is 0. The van der Waals surface area contributed by atoms with Gasteiger partial charge in [-0.05, 0) is 36.4 Å². The predicted octanol–water partition coefficient (Wildman–Crippen LogP) is 3.26. The van der Waals surface area contributed by atoms with Gasteiger partial charge in [0.25, 0.3) is 5.91 Å². The summed E-state index contributed by atoms with van der Waals surface area (Å²) in [6.45, 7) is 4.28. The number of carbonyl (C=O) groups is 2. The van der Waals surface area contributed by atoms with Crippen LogP contribution >= 0.6 is 11.6 Å². The number of benzene rings is 2. The van der Waals surface area contributed by atoms with Gasteiger partial charge in [-0.2, -0.15) is 0 Å². The largest absolute Gasteiger partial charge is 0.368 e. The van der Waals surface area contributed by atoms with Crippen LogP contribution in [0.3, 0.4) is 0 Å². The molecule has 2 amide bonds. The van der Waals surface area contributed by atoms with Crippen LogP contribution in [0, 0.1) is 0 Å². The van der Waals surface area contributed by atoms with Crippen molar-refractivity contribution in [2.24, 2.45) is 0 Å². The molecule has 5 nitrogen and oxygen atoms in total. The molecule has 0 spiro atoms. The zero-order chi connectivity index (χ0) is 17.8. The fourth-order valence-electron chi connectivity index (χ4n) is 2.96. The first kappa shape index (κ1) is 17.3. The van der Waals surface area contributed by atoms with E-state index in [1.54, 1.807) is 24.3 Å². The molecule has 1 heterocycles. The number of nitrogens with one attached hydrogen (secondary N) is 1. The lowest BCUT2D eigenvalue weighted by Gasteiger charge is -2.36. The smallest absolute Gasteiger partial charge is 0.254 e. The summed E-state index contributed by atoms with van der Waals surface area (Å²) in [5.41, 5.74) is 2.44. The Balaban J connectivity index is 1.64. The second kappa shape index (κ2) is 7.57. The highest BCUT2D eigenvalue weighted by atomic mass is 35.5. The van der Waals surface area contributed by atoms with Crippen LogP contribution in [0.15, 0.2) is 48.5 Å². The highest BCUT2D eigenvalue weighted by molar-refractivity contribution is 6.30. The summed E-state index contributed by atoms with van der Waals surface area (Å²) in [7, 11) is 0. The number of rotatable bonds is 3. The molecule has 1 N–H and O–H groups in total. The van der Waals surface area contributed by atoms with E-state index in [9.17, 15) is 9.59 Å². The first-order valence-electron chi connectivity index (χ1n) is 8.20. The van der Waals surface area contributed by atoms with Gasteiger partial charge < -0.3 is 15.1 Å². The first-order valence-corrected chi connectivity index (χ1v) is 8.58. The van der Waals surface area contributed by atoms with Gasteiger partial charge in [0.15, 0.2) is 0 Å². The van der Waals surface area contributed by atoms with Crippen LogP contribution in [0.4, 0.5) is 11.4 Å². The van der Waals surface area contributed by atoms with E-state index in [1.165, 1.54) is 6.92 Å². The van der Waals surface area contributed by atoms with Gasteiger partial charge in [-0.25, -0.2) is 0 Å². The van der Waals surface area contributed by atoms with Crippen LogP contribution in [-0.2, 0) is 4.79 Å². The molecule has 1 fully saturated rings. The summed E-state index contributed by atoms with van der Waals surface area (Å²) in [5.74, 6) is -0.0803. The Morgan fingerprint density at radius 2 is 1.72 bits per heavy atom. The van der Waals surface area contributed by atoms with Crippen molar-refractivity contribution < 1.29 is 9.59 Å². The van der Waals surface area contributed by atoms with Crippen molar-refractivity contribution >= 4 is 34.8 Å². The van der Waals surface area contributed by atoms with Crippen molar-refractivity contribution in [3.05, 3.63) is 59.1 Å². The van der Waals surface area contributed by atoms with Gasteiger partial charge in [0, 0.05) is 55.1 Å². The zero-order valence-corrected chi connectivity index (χ0v) is 14.8. The van der Waals surface area contributed by atoms with Gasteiger partial charge >= 0.3 is 0 Å². The Morgan fingerprint density at radius 1 is 1.00 bits per heavy atom. The molecule has 0 aliphatic carbocycles.